The standard InChI is InChI=1S/C16H18N4O.C14H19N3O.C13H17N3O/c1-19-8-6-11(7-9-19)20-14-10-17-13-5-3-2-4-12(13)15(14)18-16(20)21;1-17-7-4-10(5-8-17)12-9-13(18)16-14-11(12)3-2-6-15-14;1-16-7-4-9(5-8-16)11-10-3-2-6-14-12(10)15-13(11)17/h2-5,10-11H,6-9H2,1H3,(H,18,21);2-3,6,10,12H,4-5,7-9H2,1H3,(H,15,16,18);2-3,6,9,11H,4-5,7-8H2,1H3,(H,14,15,17). The van der Waals surface area contributed by atoms with Crippen LogP contribution in [0.2, 0.25) is 0 Å². The number of H-pyrrole nitrogens is 1. The van der Waals surface area contributed by atoms with E-state index < -0.39 is 0 Å². The molecule has 0 radical (unpaired) electrons. The molecule has 0 aliphatic carbocycles. The van der Waals surface area contributed by atoms with Crippen molar-refractivity contribution in [2.24, 2.45) is 11.8 Å². The number of rotatable bonds is 3. The van der Waals surface area contributed by atoms with Gasteiger partial charge in [-0.3, -0.25) is 19.1 Å². The number of likely N-dealkylation sites (tertiary alicyclic amines) is 3. The topological polar surface area (TPSA) is 144 Å². The third-order valence-electron chi connectivity index (χ3n) is 12.7. The number of nitrogens with one attached hydrogen (secondary N) is 3. The van der Waals surface area contributed by atoms with Crippen LogP contribution in [-0.4, -0.2) is 111 Å². The summed E-state index contributed by atoms with van der Waals surface area (Å²) >= 11 is 0. The summed E-state index contributed by atoms with van der Waals surface area (Å²) in [6.07, 6.45) is 12.5. The predicted octanol–water partition coefficient (Wildman–Crippen LogP) is 5.45. The number of amides is 2. The summed E-state index contributed by atoms with van der Waals surface area (Å²) in [6, 6.07) is 16.2. The van der Waals surface area contributed by atoms with Gasteiger partial charge in [-0.05, 0) is 140 Å². The lowest BCUT2D eigenvalue weighted by molar-refractivity contribution is -0.118. The molecule has 13 nitrogen and oxygen atoms in total. The number of hydrogen-bond acceptors (Lipinski definition) is 9. The number of imidazole rings is 1. The first-order valence-corrected chi connectivity index (χ1v) is 20.3. The molecular formula is C43H54N10O3. The largest absolute Gasteiger partial charge is 0.326 e. The highest BCUT2D eigenvalue weighted by atomic mass is 16.2. The summed E-state index contributed by atoms with van der Waals surface area (Å²) in [5.41, 5.74) is 5.05. The Bertz CT molecular complexity index is 2230. The summed E-state index contributed by atoms with van der Waals surface area (Å²) < 4.78 is 1.90. The predicted molar refractivity (Wildman–Crippen MR) is 220 cm³/mol. The molecule has 0 saturated carbocycles. The quantitative estimate of drug-likeness (QED) is 0.219. The lowest BCUT2D eigenvalue weighted by Crippen LogP contribution is -2.35. The Labute approximate surface area is 327 Å². The number of carbonyl (C=O) groups excluding carboxylic acids is 2. The Morgan fingerprint density at radius 2 is 1.23 bits per heavy atom. The normalized spacial score (nSPS) is 22.7. The second-order valence-corrected chi connectivity index (χ2v) is 16.4. The highest BCUT2D eigenvalue weighted by Crippen LogP contribution is 2.41. The van der Waals surface area contributed by atoms with E-state index in [0.717, 1.165) is 104 Å². The van der Waals surface area contributed by atoms with Crippen LogP contribution in [0.1, 0.15) is 74.0 Å². The van der Waals surface area contributed by atoms with Gasteiger partial charge in [-0.15, -0.1) is 0 Å². The van der Waals surface area contributed by atoms with E-state index in [2.05, 4.69) is 72.5 Å². The summed E-state index contributed by atoms with van der Waals surface area (Å²) in [7, 11) is 6.43. The van der Waals surface area contributed by atoms with E-state index in [1.165, 1.54) is 18.4 Å². The van der Waals surface area contributed by atoms with Crippen molar-refractivity contribution in [3.63, 3.8) is 0 Å². The summed E-state index contributed by atoms with van der Waals surface area (Å²) in [6.45, 7) is 6.51. The zero-order chi connectivity index (χ0) is 38.8. The summed E-state index contributed by atoms with van der Waals surface area (Å²) in [5, 5.41) is 6.78. The van der Waals surface area contributed by atoms with Crippen molar-refractivity contribution in [1.82, 2.24) is 39.2 Å². The van der Waals surface area contributed by atoms with Crippen LogP contribution in [0.15, 0.2) is 71.9 Å². The van der Waals surface area contributed by atoms with Gasteiger partial charge in [0.05, 0.1) is 28.7 Å². The van der Waals surface area contributed by atoms with Crippen LogP contribution >= 0.6 is 0 Å². The number of carbonyl (C=O) groups is 2. The monoisotopic (exact) mass is 758 g/mol. The van der Waals surface area contributed by atoms with E-state index in [1.54, 1.807) is 12.4 Å². The molecule has 5 aliphatic heterocycles. The van der Waals surface area contributed by atoms with Crippen LogP contribution in [0.5, 0.6) is 0 Å². The van der Waals surface area contributed by atoms with Gasteiger partial charge in [0, 0.05) is 35.8 Å². The minimum Gasteiger partial charge on any atom is -0.310 e. The molecule has 5 aromatic rings. The number of hydrogen-bond donors (Lipinski definition) is 3. The Balaban J connectivity index is 0.000000119. The number of benzene rings is 1. The van der Waals surface area contributed by atoms with Gasteiger partial charge in [0.2, 0.25) is 11.8 Å². The van der Waals surface area contributed by atoms with Crippen LogP contribution in [0.3, 0.4) is 0 Å². The molecule has 4 aromatic heterocycles. The molecule has 294 valence electrons. The summed E-state index contributed by atoms with van der Waals surface area (Å²) in [4.78, 5) is 59.3. The average molecular weight is 759 g/mol. The molecule has 9 heterocycles. The van der Waals surface area contributed by atoms with Gasteiger partial charge in [-0.1, -0.05) is 30.3 Å². The van der Waals surface area contributed by atoms with Crippen molar-refractivity contribution in [2.45, 2.75) is 62.8 Å². The van der Waals surface area contributed by atoms with Crippen LogP contribution in [-0.2, 0) is 9.59 Å². The number of fused-ring (bicyclic) bond motifs is 5. The van der Waals surface area contributed by atoms with Crippen molar-refractivity contribution in [3.05, 3.63) is 88.7 Å². The highest BCUT2D eigenvalue weighted by Gasteiger charge is 2.38. The van der Waals surface area contributed by atoms with Crippen LogP contribution in [0.25, 0.3) is 21.9 Å². The SMILES string of the molecule is CN1CCC(C2C(=O)Nc3ncccc32)CC1.CN1CCC(C2CC(=O)Nc3ncccc32)CC1.CN1CCC(n2c(=O)[nH]c3c4ccccc4ncc32)CC1. The van der Waals surface area contributed by atoms with Crippen LogP contribution < -0.4 is 16.3 Å². The molecule has 3 N–H and O–H groups in total. The van der Waals surface area contributed by atoms with E-state index in [9.17, 15) is 14.4 Å². The van der Waals surface area contributed by atoms with E-state index in [-0.39, 0.29) is 29.5 Å². The number of aromatic nitrogens is 5. The molecule has 13 heteroatoms. The van der Waals surface area contributed by atoms with Gasteiger partial charge >= 0.3 is 5.69 Å². The molecule has 10 rings (SSSR count). The van der Waals surface area contributed by atoms with Crippen molar-refractivity contribution in [1.29, 1.82) is 0 Å². The van der Waals surface area contributed by atoms with Crippen molar-refractivity contribution in [3.8, 4) is 0 Å². The van der Waals surface area contributed by atoms with Gasteiger partial charge in [0.1, 0.15) is 11.6 Å². The van der Waals surface area contributed by atoms with E-state index >= 15 is 0 Å². The molecule has 0 spiro atoms. The number of pyridine rings is 3. The minimum absolute atomic E-state index is 0.0160. The van der Waals surface area contributed by atoms with Gasteiger partial charge in [0.25, 0.3) is 0 Å². The van der Waals surface area contributed by atoms with Crippen LogP contribution in [0, 0.1) is 11.8 Å². The average Bonchev–Trinajstić information content (AvgIpc) is 3.74. The maximum atomic E-state index is 12.4. The maximum Gasteiger partial charge on any atom is 0.326 e. The smallest absolute Gasteiger partial charge is 0.310 e. The van der Waals surface area contributed by atoms with Gasteiger partial charge in [-0.2, -0.15) is 0 Å². The first kappa shape index (κ1) is 37.9. The van der Waals surface area contributed by atoms with Crippen molar-refractivity contribution in [2.75, 3.05) is 71.0 Å². The second kappa shape index (κ2) is 16.6. The van der Waals surface area contributed by atoms with Gasteiger partial charge < -0.3 is 30.3 Å². The second-order valence-electron chi connectivity index (χ2n) is 16.4. The highest BCUT2D eigenvalue weighted by molar-refractivity contribution is 6.02. The third-order valence-corrected chi connectivity index (χ3v) is 12.7. The number of piperidine rings is 3. The maximum absolute atomic E-state index is 12.4. The lowest BCUT2D eigenvalue weighted by Gasteiger charge is -2.36. The molecule has 56 heavy (non-hydrogen) atoms. The summed E-state index contributed by atoms with van der Waals surface area (Å²) in [5.74, 6) is 3.26. The van der Waals surface area contributed by atoms with E-state index in [1.807, 2.05) is 53.2 Å². The fraction of sp³-hybridized carbons (Fsp3) is 0.488. The lowest BCUT2D eigenvalue weighted by atomic mass is 9.77. The van der Waals surface area contributed by atoms with E-state index in [4.69, 9.17) is 0 Å². The minimum atomic E-state index is -0.0160. The fourth-order valence-electron chi connectivity index (χ4n) is 9.44. The molecule has 1 aromatic carbocycles. The first-order valence-electron chi connectivity index (χ1n) is 20.3. The van der Waals surface area contributed by atoms with Crippen molar-refractivity contribution < 1.29 is 9.59 Å². The zero-order valence-corrected chi connectivity index (χ0v) is 32.8. The zero-order valence-electron chi connectivity index (χ0n) is 32.8. The number of aromatic amines is 1. The molecule has 5 aliphatic rings. The molecule has 2 unspecified atom stereocenters. The Morgan fingerprint density at radius 3 is 1.91 bits per heavy atom. The molecule has 0 bridgehead atoms. The number of nitrogens with zero attached hydrogens (tertiary/aromatic N) is 7. The number of anilines is 2. The van der Waals surface area contributed by atoms with Crippen LogP contribution in [0.4, 0.5) is 11.6 Å². The Kier molecular flexibility index (Phi) is 11.3. The number of para-hydroxylation sites is 1. The molecule has 2 amide bonds. The Hall–Kier alpha value is -4.98. The third kappa shape index (κ3) is 7.98. The molecule has 3 fully saturated rings. The molecular weight excluding hydrogens is 705 g/mol. The Morgan fingerprint density at radius 1 is 0.643 bits per heavy atom. The fourth-order valence-corrected chi connectivity index (χ4v) is 9.44. The molecule has 2 atom stereocenters. The van der Waals surface area contributed by atoms with Gasteiger partial charge in [0.15, 0.2) is 0 Å². The molecule has 3 saturated heterocycles. The van der Waals surface area contributed by atoms with E-state index in [0.29, 0.717) is 24.2 Å². The first-order chi connectivity index (χ1) is 27.2. The van der Waals surface area contributed by atoms with Crippen molar-refractivity contribution >= 4 is 45.4 Å². The van der Waals surface area contributed by atoms with Gasteiger partial charge in [-0.25, -0.2) is 14.8 Å².